The molecule has 0 saturated carbocycles. The summed E-state index contributed by atoms with van der Waals surface area (Å²) in [5.41, 5.74) is 0. The molecule has 0 aliphatic heterocycles. The van der Waals surface area contributed by atoms with Crippen LogP contribution in [0.5, 0.6) is 0 Å². The van der Waals surface area contributed by atoms with Crippen LogP contribution in [0.3, 0.4) is 0 Å². The average Bonchev–Trinajstić information content (AvgIpc) is 1.82. The molecule has 0 radical (unpaired) electrons. The van der Waals surface area contributed by atoms with E-state index in [1.54, 1.807) is 6.92 Å². The molecule has 0 fully saturated rings. The Kier molecular flexibility index (Phi) is 5.58. The Balaban J connectivity index is 3.16. The molecule has 3 nitrogen and oxygen atoms in total. The maximum Gasteiger partial charge on any atom is 0.0689 e. The van der Waals surface area contributed by atoms with Crippen molar-refractivity contribution in [3.8, 4) is 0 Å². The summed E-state index contributed by atoms with van der Waals surface area (Å²) in [6.07, 6.45) is -0.374. The van der Waals surface area contributed by atoms with Gasteiger partial charge in [0.1, 0.15) is 0 Å². The zero-order valence-corrected chi connectivity index (χ0v) is 6.67. The van der Waals surface area contributed by atoms with Gasteiger partial charge in [-0.05, 0) is 13.5 Å². The summed E-state index contributed by atoms with van der Waals surface area (Å²) in [4.78, 5) is 0. The van der Waals surface area contributed by atoms with Crippen molar-refractivity contribution in [3.63, 3.8) is 0 Å². The van der Waals surface area contributed by atoms with Crippen LogP contribution in [0.15, 0.2) is 0 Å². The van der Waals surface area contributed by atoms with Gasteiger partial charge in [0.25, 0.3) is 0 Å². The zero-order valence-electron chi connectivity index (χ0n) is 6.67. The Morgan fingerprint density at radius 1 is 1.40 bits per heavy atom. The molecule has 0 heterocycles. The minimum atomic E-state index is -0.417. The van der Waals surface area contributed by atoms with Gasteiger partial charge in [-0.15, -0.1) is 0 Å². The van der Waals surface area contributed by atoms with Gasteiger partial charge in [0.2, 0.25) is 0 Å². The first-order valence-corrected chi connectivity index (χ1v) is 3.73. The van der Waals surface area contributed by atoms with Crippen molar-refractivity contribution in [1.82, 2.24) is 5.32 Å². The van der Waals surface area contributed by atoms with Crippen molar-refractivity contribution in [3.05, 3.63) is 0 Å². The van der Waals surface area contributed by atoms with Crippen molar-refractivity contribution < 1.29 is 10.2 Å². The van der Waals surface area contributed by atoms with Gasteiger partial charge >= 0.3 is 0 Å². The maximum atomic E-state index is 9.13. The second-order valence-corrected chi connectivity index (χ2v) is 2.55. The molecule has 0 bridgehead atoms. The first-order chi connectivity index (χ1) is 4.66. The fourth-order valence-corrected chi connectivity index (χ4v) is 0.788. The molecular weight excluding hydrogens is 130 g/mol. The van der Waals surface area contributed by atoms with E-state index in [1.165, 1.54) is 0 Å². The molecule has 0 rings (SSSR count). The van der Waals surface area contributed by atoms with Crippen LogP contribution in [0.1, 0.15) is 20.3 Å². The summed E-state index contributed by atoms with van der Waals surface area (Å²) in [6, 6.07) is 0. The summed E-state index contributed by atoms with van der Waals surface area (Å²) in [6.45, 7) is 5.09. The minimum absolute atomic E-state index is 0.409. The van der Waals surface area contributed by atoms with Crippen LogP contribution in [-0.2, 0) is 0 Å². The molecule has 0 aromatic heterocycles. The van der Waals surface area contributed by atoms with Crippen molar-refractivity contribution in [1.29, 1.82) is 0 Å². The topological polar surface area (TPSA) is 52.5 Å². The third-order valence-electron chi connectivity index (χ3n) is 1.24. The number of aliphatic hydroxyl groups excluding tert-OH is 2. The van der Waals surface area contributed by atoms with Crippen LogP contribution in [-0.4, -0.2) is 35.5 Å². The summed E-state index contributed by atoms with van der Waals surface area (Å²) in [5, 5.41) is 21.0. The molecule has 10 heavy (non-hydrogen) atoms. The van der Waals surface area contributed by atoms with Crippen LogP contribution < -0.4 is 5.32 Å². The van der Waals surface area contributed by atoms with E-state index in [-0.39, 0.29) is 0 Å². The van der Waals surface area contributed by atoms with Gasteiger partial charge in [-0.2, -0.15) is 0 Å². The Bertz CT molecular complexity index is 76.0. The Morgan fingerprint density at radius 2 is 2.00 bits per heavy atom. The normalized spacial score (nSPS) is 16.8. The Hall–Kier alpha value is -0.120. The van der Waals surface area contributed by atoms with Crippen LogP contribution in [0.4, 0.5) is 0 Å². The molecule has 0 aromatic carbocycles. The van der Waals surface area contributed by atoms with Gasteiger partial charge in [-0.1, -0.05) is 6.92 Å². The van der Waals surface area contributed by atoms with Gasteiger partial charge in [-0.25, -0.2) is 0 Å². The van der Waals surface area contributed by atoms with E-state index in [0.29, 0.717) is 13.0 Å². The Morgan fingerprint density at radius 3 is 2.40 bits per heavy atom. The molecule has 0 aromatic rings. The first-order valence-electron chi connectivity index (χ1n) is 3.73. The van der Waals surface area contributed by atoms with Gasteiger partial charge in [0.15, 0.2) is 0 Å². The molecule has 2 atom stereocenters. The molecule has 0 aliphatic rings. The second kappa shape index (κ2) is 5.65. The largest absolute Gasteiger partial charge is 0.393 e. The van der Waals surface area contributed by atoms with E-state index in [4.69, 9.17) is 10.2 Å². The van der Waals surface area contributed by atoms with Crippen molar-refractivity contribution in [2.45, 2.75) is 32.5 Å². The number of aliphatic hydroxyl groups is 2. The van der Waals surface area contributed by atoms with E-state index >= 15 is 0 Å². The van der Waals surface area contributed by atoms with Crippen LogP contribution in [0.2, 0.25) is 0 Å². The van der Waals surface area contributed by atoms with Crippen LogP contribution >= 0.6 is 0 Å². The highest BCUT2D eigenvalue weighted by atomic mass is 16.3. The Labute approximate surface area is 62.1 Å². The second-order valence-electron chi connectivity index (χ2n) is 2.55. The van der Waals surface area contributed by atoms with Crippen molar-refractivity contribution in [2.24, 2.45) is 0 Å². The van der Waals surface area contributed by atoms with Crippen molar-refractivity contribution in [2.75, 3.05) is 13.1 Å². The van der Waals surface area contributed by atoms with Gasteiger partial charge in [-0.3, -0.25) is 0 Å². The molecule has 3 N–H and O–H groups in total. The smallest absolute Gasteiger partial charge is 0.0689 e. The highest BCUT2D eigenvalue weighted by molar-refractivity contribution is 4.61. The molecule has 0 spiro atoms. The molecule has 3 heteroatoms. The number of rotatable bonds is 5. The molecule has 0 aliphatic carbocycles. The standard InChI is InChI=1S/C7H17NO2/c1-3-8-5-7(10)4-6(2)9/h6-10H,3-5H2,1-2H3/t6-,7-/m0/s1. The molecule has 0 amide bonds. The van der Waals surface area contributed by atoms with Gasteiger partial charge in [0.05, 0.1) is 12.2 Å². The molecule has 0 unspecified atom stereocenters. The number of nitrogens with one attached hydrogen (secondary N) is 1. The predicted octanol–water partition coefficient (Wildman–Crippen LogP) is -0.272. The summed E-state index contributed by atoms with van der Waals surface area (Å²) >= 11 is 0. The monoisotopic (exact) mass is 147 g/mol. The fraction of sp³-hybridized carbons (Fsp3) is 1.00. The maximum absolute atomic E-state index is 9.13. The summed E-state index contributed by atoms with van der Waals surface area (Å²) in [7, 11) is 0. The van der Waals surface area contributed by atoms with Crippen molar-refractivity contribution >= 4 is 0 Å². The third-order valence-corrected chi connectivity index (χ3v) is 1.24. The first kappa shape index (κ1) is 9.88. The highest BCUT2D eigenvalue weighted by Gasteiger charge is 2.05. The quantitative estimate of drug-likeness (QED) is 0.501. The summed E-state index contributed by atoms with van der Waals surface area (Å²) in [5.74, 6) is 0. The predicted molar refractivity (Wildman–Crippen MR) is 40.8 cm³/mol. The number of hydrogen-bond donors (Lipinski definition) is 3. The van der Waals surface area contributed by atoms with Gasteiger partial charge < -0.3 is 15.5 Å². The molecule has 62 valence electrons. The number of hydrogen-bond acceptors (Lipinski definition) is 3. The van der Waals surface area contributed by atoms with E-state index in [9.17, 15) is 0 Å². The lowest BCUT2D eigenvalue weighted by Crippen LogP contribution is -2.28. The SMILES string of the molecule is CCNC[C@@H](O)C[C@H](C)O. The fourth-order valence-electron chi connectivity index (χ4n) is 0.788. The van der Waals surface area contributed by atoms with E-state index < -0.39 is 12.2 Å². The number of likely N-dealkylation sites (N-methyl/N-ethyl adjacent to an activating group) is 1. The average molecular weight is 147 g/mol. The molecule has 0 saturated heterocycles. The lowest BCUT2D eigenvalue weighted by Gasteiger charge is -2.11. The van der Waals surface area contributed by atoms with E-state index in [1.807, 2.05) is 6.92 Å². The minimum Gasteiger partial charge on any atom is -0.393 e. The lowest BCUT2D eigenvalue weighted by atomic mass is 10.2. The van der Waals surface area contributed by atoms with E-state index in [0.717, 1.165) is 6.54 Å². The van der Waals surface area contributed by atoms with Gasteiger partial charge in [0, 0.05) is 13.0 Å². The molecular formula is C7H17NO2. The van der Waals surface area contributed by atoms with E-state index in [2.05, 4.69) is 5.32 Å². The zero-order chi connectivity index (χ0) is 7.98. The van der Waals surface area contributed by atoms with Crippen LogP contribution in [0, 0.1) is 0 Å². The van der Waals surface area contributed by atoms with Crippen LogP contribution in [0.25, 0.3) is 0 Å². The summed E-state index contributed by atoms with van der Waals surface area (Å²) < 4.78 is 0. The lowest BCUT2D eigenvalue weighted by molar-refractivity contribution is 0.0904. The third kappa shape index (κ3) is 6.01. The highest BCUT2D eigenvalue weighted by Crippen LogP contribution is 1.94.